The molecule has 0 bridgehead atoms. The van der Waals surface area contributed by atoms with Gasteiger partial charge in [0, 0.05) is 0 Å². The van der Waals surface area contributed by atoms with Gasteiger partial charge < -0.3 is 0 Å². The molecule has 0 aliphatic carbocycles. The minimum atomic E-state index is -3.67. The number of aryl methyl sites for hydroxylation is 1. The van der Waals surface area contributed by atoms with Gasteiger partial charge in [0.2, 0.25) is 0 Å². The van der Waals surface area contributed by atoms with E-state index in [1.165, 1.54) is 6.07 Å². The average molecular weight is 382 g/mol. The standard InChI is InChI=1S/C16H16ClN3O2S2/c1-11-16(19-24(21,22)15-9-8-14(17)23-15)12(2)20(18-11)10-13-6-4-3-5-7-13/h3-9,19H,10H2,1-2H3. The molecule has 0 spiro atoms. The van der Waals surface area contributed by atoms with Gasteiger partial charge in [0.25, 0.3) is 10.0 Å². The quantitative estimate of drug-likeness (QED) is 0.724. The summed E-state index contributed by atoms with van der Waals surface area (Å²) >= 11 is 6.86. The second-order valence-electron chi connectivity index (χ2n) is 5.35. The van der Waals surface area contributed by atoms with Gasteiger partial charge >= 0.3 is 0 Å². The molecule has 0 aliphatic heterocycles. The molecule has 1 N–H and O–H groups in total. The zero-order valence-corrected chi connectivity index (χ0v) is 15.5. The molecule has 24 heavy (non-hydrogen) atoms. The van der Waals surface area contributed by atoms with Crippen LogP contribution in [0.15, 0.2) is 46.7 Å². The van der Waals surface area contributed by atoms with E-state index >= 15 is 0 Å². The topological polar surface area (TPSA) is 64.0 Å². The molecule has 1 aromatic carbocycles. The van der Waals surface area contributed by atoms with Crippen molar-refractivity contribution in [3.8, 4) is 0 Å². The zero-order valence-electron chi connectivity index (χ0n) is 13.2. The molecule has 0 saturated heterocycles. The number of anilines is 1. The highest BCUT2D eigenvalue weighted by Gasteiger charge is 2.21. The Labute approximate surface area is 150 Å². The first kappa shape index (κ1) is 17.0. The Kier molecular flexibility index (Phi) is 4.67. The summed E-state index contributed by atoms with van der Waals surface area (Å²) in [4.78, 5) is 0. The van der Waals surface area contributed by atoms with E-state index < -0.39 is 10.0 Å². The number of halogens is 1. The van der Waals surface area contributed by atoms with Crippen molar-refractivity contribution in [2.45, 2.75) is 24.6 Å². The van der Waals surface area contributed by atoms with E-state index in [0.29, 0.717) is 22.3 Å². The van der Waals surface area contributed by atoms with E-state index in [1.54, 1.807) is 17.7 Å². The molecule has 3 rings (SSSR count). The van der Waals surface area contributed by atoms with Gasteiger partial charge in [-0.2, -0.15) is 5.10 Å². The predicted octanol–water partition coefficient (Wildman–Crippen LogP) is 4.06. The maximum absolute atomic E-state index is 12.5. The van der Waals surface area contributed by atoms with E-state index in [0.717, 1.165) is 22.6 Å². The number of sulfonamides is 1. The first-order valence-corrected chi connectivity index (χ1v) is 9.90. The van der Waals surface area contributed by atoms with Gasteiger partial charge in [0.15, 0.2) is 0 Å². The van der Waals surface area contributed by atoms with Crippen LogP contribution in [-0.2, 0) is 16.6 Å². The van der Waals surface area contributed by atoms with Gasteiger partial charge in [-0.15, -0.1) is 11.3 Å². The van der Waals surface area contributed by atoms with E-state index in [4.69, 9.17) is 11.6 Å². The molecule has 2 heterocycles. The first-order chi connectivity index (χ1) is 11.4. The maximum atomic E-state index is 12.5. The van der Waals surface area contributed by atoms with Crippen molar-refractivity contribution in [3.05, 3.63) is 63.8 Å². The fraction of sp³-hybridized carbons (Fsp3) is 0.188. The fourth-order valence-corrected chi connectivity index (χ4v) is 5.04. The Bertz CT molecular complexity index is 963. The molecule has 0 saturated carbocycles. The Morgan fingerprint density at radius 2 is 1.88 bits per heavy atom. The highest BCUT2D eigenvalue weighted by atomic mass is 35.5. The number of thiophene rings is 1. The molecule has 2 aromatic heterocycles. The second kappa shape index (κ2) is 6.58. The molecular weight excluding hydrogens is 366 g/mol. The van der Waals surface area contributed by atoms with Crippen LogP contribution in [0.3, 0.4) is 0 Å². The Morgan fingerprint density at radius 1 is 1.17 bits per heavy atom. The second-order valence-corrected chi connectivity index (χ2v) is 8.98. The lowest BCUT2D eigenvalue weighted by Crippen LogP contribution is -2.13. The molecule has 0 unspecified atom stereocenters. The van der Waals surface area contributed by atoms with E-state index in [9.17, 15) is 8.42 Å². The van der Waals surface area contributed by atoms with Crippen LogP contribution in [0.5, 0.6) is 0 Å². The van der Waals surface area contributed by atoms with Gasteiger partial charge in [-0.05, 0) is 31.5 Å². The molecule has 3 aromatic rings. The van der Waals surface area contributed by atoms with Crippen molar-refractivity contribution in [2.75, 3.05) is 4.72 Å². The van der Waals surface area contributed by atoms with E-state index in [-0.39, 0.29) is 4.21 Å². The van der Waals surface area contributed by atoms with Crippen LogP contribution in [0.2, 0.25) is 4.34 Å². The summed E-state index contributed by atoms with van der Waals surface area (Å²) in [6, 6.07) is 13.0. The van der Waals surface area contributed by atoms with Gasteiger partial charge in [-0.3, -0.25) is 9.40 Å². The zero-order chi connectivity index (χ0) is 17.3. The van der Waals surface area contributed by atoms with E-state index in [2.05, 4.69) is 9.82 Å². The molecule has 0 fully saturated rings. The molecule has 0 atom stereocenters. The minimum Gasteiger partial charge on any atom is -0.275 e. The van der Waals surface area contributed by atoms with Crippen LogP contribution in [0.25, 0.3) is 0 Å². The van der Waals surface area contributed by atoms with Crippen LogP contribution in [0, 0.1) is 13.8 Å². The van der Waals surface area contributed by atoms with Crippen LogP contribution in [0.1, 0.15) is 17.0 Å². The summed E-state index contributed by atoms with van der Waals surface area (Å²) in [6.45, 7) is 4.22. The van der Waals surface area contributed by atoms with Gasteiger partial charge in [0.1, 0.15) is 4.21 Å². The molecule has 0 amide bonds. The Morgan fingerprint density at radius 3 is 2.50 bits per heavy atom. The third kappa shape index (κ3) is 3.48. The van der Waals surface area contributed by atoms with Gasteiger partial charge in [-0.25, -0.2) is 8.42 Å². The summed E-state index contributed by atoms with van der Waals surface area (Å²) in [6.07, 6.45) is 0. The molecule has 8 heteroatoms. The molecular formula is C16H16ClN3O2S2. The summed E-state index contributed by atoms with van der Waals surface area (Å²) in [7, 11) is -3.67. The number of benzene rings is 1. The van der Waals surface area contributed by atoms with Gasteiger partial charge in [0.05, 0.1) is 28.0 Å². The molecule has 126 valence electrons. The lowest BCUT2D eigenvalue weighted by molar-refractivity contribution is 0.603. The van der Waals surface area contributed by atoms with Crippen molar-refractivity contribution < 1.29 is 8.42 Å². The summed E-state index contributed by atoms with van der Waals surface area (Å²) in [5.74, 6) is 0. The molecule has 0 radical (unpaired) electrons. The normalized spacial score (nSPS) is 11.6. The van der Waals surface area contributed by atoms with Crippen molar-refractivity contribution in [2.24, 2.45) is 0 Å². The van der Waals surface area contributed by atoms with Crippen molar-refractivity contribution in [3.63, 3.8) is 0 Å². The Hall–Kier alpha value is -1.83. The van der Waals surface area contributed by atoms with Crippen molar-refractivity contribution >= 4 is 38.6 Å². The molecule has 0 aliphatic rings. The highest BCUT2D eigenvalue weighted by molar-refractivity contribution is 7.94. The minimum absolute atomic E-state index is 0.183. The third-order valence-corrected chi connectivity index (χ3v) is 6.68. The maximum Gasteiger partial charge on any atom is 0.271 e. The number of hydrogen-bond donors (Lipinski definition) is 1. The summed E-state index contributed by atoms with van der Waals surface area (Å²) < 4.78 is 30.0. The fourth-order valence-electron chi connectivity index (χ4n) is 2.38. The van der Waals surface area contributed by atoms with Crippen LogP contribution in [-0.4, -0.2) is 18.2 Å². The van der Waals surface area contributed by atoms with E-state index in [1.807, 2.05) is 37.3 Å². The van der Waals surface area contributed by atoms with Crippen LogP contribution >= 0.6 is 22.9 Å². The predicted molar refractivity (Wildman–Crippen MR) is 97.4 cm³/mol. The average Bonchev–Trinajstić information content (AvgIpc) is 3.08. The third-order valence-electron chi connectivity index (χ3n) is 3.61. The lowest BCUT2D eigenvalue weighted by atomic mass is 10.2. The largest absolute Gasteiger partial charge is 0.275 e. The highest BCUT2D eigenvalue weighted by Crippen LogP contribution is 2.29. The monoisotopic (exact) mass is 381 g/mol. The van der Waals surface area contributed by atoms with Crippen molar-refractivity contribution in [1.29, 1.82) is 0 Å². The SMILES string of the molecule is Cc1nn(Cc2ccccc2)c(C)c1NS(=O)(=O)c1ccc(Cl)s1. The molecule has 5 nitrogen and oxygen atoms in total. The van der Waals surface area contributed by atoms with Crippen LogP contribution < -0.4 is 4.72 Å². The number of hydrogen-bond acceptors (Lipinski definition) is 4. The number of nitrogens with one attached hydrogen (secondary N) is 1. The van der Waals surface area contributed by atoms with Crippen molar-refractivity contribution in [1.82, 2.24) is 9.78 Å². The van der Waals surface area contributed by atoms with Crippen LogP contribution in [0.4, 0.5) is 5.69 Å². The smallest absolute Gasteiger partial charge is 0.271 e. The first-order valence-electron chi connectivity index (χ1n) is 7.23. The van der Waals surface area contributed by atoms with Gasteiger partial charge in [-0.1, -0.05) is 41.9 Å². The summed E-state index contributed by atoms with van der Waals surface area (Å²) in [5.41, 5.74) is 3.01. The number of rotatable bonds is 5. The Balaban J connectivity index is 1.89. The lowest BCUT2D eigenvalue weighted by Gasteiger charge is -2.08. The number of nitrogens with zero attached hydrogens (tertiary/aromatic N) is 2. The summed E-state index contributed by atoms with van der Waals surface area (Å²) in [5, 5.41) is 4.46. The number of aromatic nitrogens is 2.